The summed E-state index contributed by atoms with van der Waals surface area (Å²) >= 11 is 1.24. The number of nitrogens with zero attached hydrogens (tertiary/aromatic N) is 3. The Hall–Kier alpha value is -1.04. The Morgan fingerprint density at radius 3 is 2.88 bits per heavy atom. The van der Waals surface area contributed by atoms with E-state index in [1.165, 1.54) is 31.0 Å². The number of aromatic nitrogens is 3. The van der Waals surface area contributed by atoms with E-state index in [0.29, 0.717) is 0 Å². The highest BCUT2D eigenvalue weighted by molar-refractivity contribution is 7.99. The molecule has 6 heteroatoms. The Morgan fingerprint density at radius 2 is 2.31 bits per heavy atom. The van der Waals surface area contributed by atoms with Gasteiger partial charge in [0.25, 0.3) is 0 Å². The van der Waals surface area contributed by atoms with Gasteiger partial charge in [0.2, 0.25) is 0 Å². The Bertz CT molecular complexity index is 387. The maximum absolute atomic E-state index is 10.5. The normalized spacial score (nSPS) is 16.1. The number of hydrogen-bond donors (Lipinski definition) is 1. The number of aryl methyl sites for hydroxylation is 1. The van der Waals surface area contributed by atoms with Crippen LogP contribution in [0.3, 0.4) is 0 Å². The van der Waals surface area contributed by atoms with Gasteiger partial charge in [0.1, 0.15) is 5.82 Å². The van der Waals surface area contributed by atoms with E-state index in [4.69, 9.17) is 5.11 Å². The number of aliphatic carboxylic acids is 1. The Balaban J connectivity index is 2.02. The van der Waals surface area contributed by atoms with Crippen molar-refractivity contribution in [3.8, 4) is 0 Å². The molecule has 0 amide bonds. The first kappa shape index (κ1) is 11.4. The van der Waals surface area contributed by atoms with Gasteiger partial charge in [-0.15, -0.1) is 10.2 Å². The zero-order valence-corrected chi connectivity index (χ0v) is 10.0. The predicted octanol–water partition coefficient (Wildman–Crippen LogP) is 1.56. The standard InChI is InChI=1S/C10H15N3O2S/c1-7-11-12-10(16-6-9(14)15)13(7)5-8-3-2-4-8/h8H,2-6H2,1H3,(H,14,15). The minimum absolute atomic E-state index is 0.0444. The van der Waals surface area contributed by atoms with Gasteiger partial charge in [-0.25, -0.2) is 0 Å². The van der Waals surface area contributed by atoms with Gasteiger partial charge in [0.15, 0.2) is 5.16 Å². The van der Waals surface area contributed by atoms with Crippen molar-refractivity contribution in [1.82, 2.24) is 14.8 Å². The summed E-state index contributed by atoms with van der Waals surface area (Å²) in [6.45, 7) is 2.84. The zero-order chi connectivity index (χ0) is 11.5. The summed E-state index contributed by atoms with van der Waals surface area (Å²) in [4.78, 5) is 10.5. The van der Waals surface area contributed by atoms with Crippen molar-refractivity contribution in [3.63, 3.8) is 0 Å². The fourth-order valence-electron chi connectivity index (χ4n) is 1.74. The van der Waals surface area contributed by atoms with E-state index in [0.717, 1.165) is 23.4 Å². The van der Waals surface area contributed by atoms with Gasteiger partial charge in [0.05, 0.1) is 5.75 Å². The highest BCUT2D eigenvalue weighted by Crippen LogP contribution is 2.29. The molecule has 1 aromatic heterocycles. The molecule has 2 rings (SSSR count). The van der Waals surface area contributed by atoms with Crippen LogP contribution >= 0.6 is 11.8 Å². The van der Waals surface area contributed by atoms with E-state index >= 15 is 0 Å². The fraction of sp³-hybridized carbons (Fsp3) is 0.700. The van der Waals surface area contributed by atoms with Crippen LogP contribution in [0.2, 0.25) is 0 Å². The highest BCUT2D eigenvalue weighted by atomic mass is 32.2. The Morgan fingerprint density at radius 1 is 1.56 bits per heavy atom. The highest BCUT2D eigenvalue weighted by Gasteiger charge is 2.21. The summed E-state index contributed by atoms with van der Waals surface area (Å²) in [6, 6.07) is 0. The van der Waals surface area contributed by atoms with Crippen LogP contribution in [0.1, 0.15) is 25.1 Å². The smallest absolute Gasteiger partial charge is 0.313 e. The summed E-state index contributed by atoms with van der Waals surface area (Å²) in [6.07, 6.45) is 3.84. The summed E-state index contributed by atoms with van der Waals surface area (Å²) in [5, 5.41) is 17.4. The van der Waals surface area contributed by atoms with Crippen LogP contribution in [0.5, 0.6) is 0 Å². The second-order valence-corrected chi connectivity index (χ2v) is 5.06. The van der Waals surface area contributed by atoms with Gasteiger partial charge < -0.3 is 9.67 Å². The SMILES string of the molecule is Cc1nnc(SCC(=O)O)n1CC1CCC1. The van der Waals surface area contributed by atoms with E-state index in [-0.39, 0.29) is 5.75 Å². The first-order chi connectivity index (χ1) is 7.66. The maximum Gasteiger partial charge on any atom is 0.313 e. The molecule has 88 valence electrons. The molecule has 0 aromatic carbocycles. The van der Waals surface area contributed by atoms with E-state index in [1.807, 2.05) is 11.5 Å². The topological polar surface area (TPSA) is 68.0 Å². The molecule has 16 heavy (non-hydrogen) atoms. The lowest BCUT2D eigenvalue weighted by Crippen LogP contribution is -2.19. The second kappa shape index (κ2) is 4.86. The maximum atomic E-state index is 10.5. The average molecular weight is 241 g/mol. The molecule has 1 heterocycles. The van der Waals surface area contributed by atoms with Gasteiger partial charge in [-0.3, -0.25) is 4.79 Å². The number of hydrogen-bond acceptors (Lipinski definition) is 4. The van der Waals surface area contributed by atoms with Crippen LogP contribution in [-0.4, -0.2) is 31.6 Å². The third-order valence-electron chi connectivity index (χ3n) is 2.89. The molecule has 1 fully saturated rings. The molecule has 1 aromatic rings. The molecule has 1 N–H and O–H groups in total. The molecule has 0 unspecified atom stereocenters. The average Bonchev–Trinajstić information content (AvgIpc) is 2.50. The molecular formula is C10H15N3O2S. The summed E-state index contributed by atoms with van der Waals surface area (Å²) < 4.78 is 2.04. The third kappa shape index (κ3) is 2.55. The molecular weight excluding hydrogens is 226 g/mol. The van der Waals surface area contributed by atoms with Crippen LogP contribution in [-0.2, 0) is 11.3 Å². The molecule has 0 atom stereocenters. The monoisotopic (exact) mass is 241 g/mol. The van der Waals surface area contributed by atoms with Crippen molar-refractivity contribution in [2.75, 3.05) is 5.75 Å². The van der Waals surface area contributed by atoms with E-state index < -0.39 is 5.97 Å². The zero-order valence-electron chi connectivity index (χ0n) is 9.22. The van der Waals surface area contributed by atoms with Crippen molar-refractivity contribution < 1.29 is 9.90 Å². The number of carboxylic acid groups (broad SMARTS) is 1. The fourth-order valence-corrected chi connectivity index (χ4v) is 2.45. The van der Waals surface area contributed by atoms with Gasteiger partial charge >= 0.3 is 5.97 Å². The molecule has 5 nitrogen and oxygen atoms in total. The Labute approximate surface area is 98.3 Å². The van der Waals surface area contributed by atoms with Crippen LogP contribution in [0, 0.1) is 12.8 Å². The van der Waals surface area contributed by atoms with Gasteiger partial charge in [-0.2, -0.15) is 0 Å². The molecule has 0 aliphatic heterocycles. The summed E-state index contributed by atoms with van der Waals surface area (Å²) in [5.74, 6) is 0.822. The number of carboxylic acids is 1. The third-order valence-corrected chi connectivity index (χ3v) is 3.84. The quantitative estimate of drug-likeness (QED) is 0.792. The van der Waals surface area contributed by atoms with Crippen molar-refractivity contribution in [1.29, 1.82) is 0 Å². The van der Waals surface area contributed by atoms with E-state index in [9.17, 15) is 4.79 Å². The van der Waals surface area contributed by atoms with Gasteiger partial charge in [0, 0.05) is 6.54 Å². The molecule has 0 saturated heterocycles. The molecule has 1 aliphatic rings. The molecule has 1 aliphatic carbocycles. The summed E-state index contributed by atoms with van der Waals surface area (Å²) in [5.41, 5.74) is 0. The minimum Gasteiger partial charge on any atom is -0.481 e. The first-order valence-electron chi connectivity index (χ1n) is 5.41. The number of carbonyl (C=O) groups is 1. The molecule has 0 radical (unpaired) electrons. The lowest BCUT2D eigenvalue weighted by molar-refractivity contribution is -0.133. The van der Waals surface area contributed by atoms with Crippen molar-refractivity contribution in [3.05, 3.63) is 5.82 Å². The number of thioether (sulfide) groups is 1. The molecule has 1 saturated carbocycles. The van der Waals surface area contributed by atoms with Crippen molar-refractivity contribution in [2.24, 2.45) is 5.92 Å². The largest absolute Gasteiger partial charge is 0.481 e. The van der Waals surface area contributed by atoms with Crippen LogP contribution in [0.25, 0.3) is 0 Å². The lowest BCUT2D eigenvalue weighted by atomic mass is 9.85. The van der Waals surface area contributed by atoms with Crippen LogP contribution in [0.4, 0.5) is 0 Å². The summed E-state index contributed by atoms with van der Waals surface area (Å²) in [7, 11) is 0. The Kier molecular flexibility index (Phi) is 3.48. The van der Waals surface area contributed by atoms with Crippen molar-refractivity contribution >= 4 is 17.7 Å². The van der Waals surface area contributed by atoms with Crippen molar-refractivity contribution in [2.45, 2.75) is 37.9 Å². The minimum atomic E-state index is -0.819. The van der Waals surface area contributed by atoms with Crippen LogP contribution < -0.4 is 0 Å². The molecule has 0 bridgehead atoms. The first-order valence-corrected chi connectivity index (χ1v) is 6.40. The van der Waals surface area contributed by atoms with Gasteiger partial charge in [-0.1, -0.05) is 18.2 Å². The van der Waals surface area contributed by atoms with Crippen LogP contribution in [0.15, 0.2) is 5.16 Å². The predicted molar refractivity (Wildman–Crippen MR) is 60.5 cm³/mol. The van der Waals surface area contributed by atoms with Gasteiger partial charge in [-0.05, 0) is 25.7 Å². The molecule has 0 spiro atoms. The van der Waals surface area contributed by atoms with E-state index in [2.05, 4.69) is 10.2 Å². The second-order valence-electron chi connectivity index (χ2n) is 4.12. The number of rotatable bonds is 5. The lowest BCUT2D eigenvalue weighted by Gasteiger charge is -2.26. The van der Waals surface area contributed by atoms with E-state index in [1.54, 1.807) is 0 Å².